The Labute approximate surface area is 295 Å². The van der Waals surface area contributed by atoms with Crippen molar-refractivity contribution in [2.45, 2.75) is 58.2 Å². The van der Waals surface area contributed by atoms with Crippen LogP contribution >= 0.6 is 0 Å². The van der Waals surface area contributed by atoms with Crippen LogP contribution in [0.3, 0.4) is 0 Å². The maximum Gasteiger partial charge on any atom is 0.223 e. The number of carbonyl (C=O) groups is 2. The van der Waals surface area contributed by atoms with Gasteiger partial charge in [0.15, 0.2) is 5.84 Å². The van der Waals surface area contributed by atoms with E-state index in [0.717, 1.165) is 58.1 Å². The lowest BCUT2D eigenvalue weighted by Crippen LogP contribution is -2.43. The first kappa shape index (κ1) is 35.6. The molecule has 0 heterocycles. The zero-order valence-corrected chi connectivity index (χ0v) is 29.0. The summed E-state index contributed by atoms with van der Waals surface area (Å²) in [6.45, 7) is 6.36. The van der Waals surface area contributed by atoms with Gasteiger partial charge in [-0.25, -0.2) is 4.99 Å². The summed E-state index contributed by atoms with van der Waals surface area (Å²) in [5, 5.41) is 8.23. The molecule has 0 aliphatic carbocycles. The number of benzene rings is 5. The molecule has 0 bridgehead atoms. The van der Waals surface area contributed by atoms with Gasteiger partial charge >= 0.3 is 0 Å². The molecule has 5 aromatic rings. The molecule has 1 atom stereocenters. The second-order valence-corrected chi connectivity index (χ2v) is 12.7. The summed E-state index contributed by atoms with van der Waals surface area (Å²) in [7, 11) is 0. The molecule has 5 aromatic carbocycles. The van der Waals surface area contributed by atoms with E-state index in [1.165, 1.54) is 0 Å². The van der Waals surface area contributed by atoms with E-state index in [2.05, 4.69) is 53.7 Å². The van der Waals surface area contributed by atoms with Crippen molar-refractivity contribution in [1.29, 1.82) is 0 Å². The molecule has 50 heavy (non-hydrogen) atoms. The first-order valence-electron chi connectivity index (χ1n) is 17.2. The molecule has 0 aliphatic heterocycles. The lowest BCUT2D eigenvalue weighted by atomic mass is 9.77. The summed E-state index contributed by atoms with van der Waals surface area (Å²) in [6.07, 6.45) is 3.03. The van der Waals surface area contributed by atoms with Gasteiger partial charge in [-0.15, -0.1) is 5.11 Å². The predicted octanol–water partition coefficient (Wildman–Crippen LogP) is 9.16. The average Bonchev–Trinajstić information content (AvgIpc) is 3.16. The molecular weight excluding hydrogens is 619 g/mol. The molecule has 0 radical (unpaired) electrons. The molecule has 1 unspecified atom stereocenters. The van der Waals surface area contributed by atoms with Gasteiger partial charge < -0.3 is 15.5 Å². The van der Waals surface area contributed by atoms with Crippen molar-refractivity contribution in [3.8, 4) is 11.1 Å². The molecule has 5 rings (SSSR count). The topological polar surface area (TPSA) is 100 Å². The third-order valence-electron chi connectivity index (χ3n) is 9.03. The number of nitrogens with two attached hydrogens (primary N) is 1. The standard InChI is InChI=1S/C43H45N5O2/c1-4-5-25-41(50)48(40(31-49)32(2)3)30-33-26-28-34(29-27-33)38-23-15-16-24-39(38)42(46-47-44)45-43(35-17-9-6-10-18-35,36-19-11-7-12-20-36)37-21-13-8-14-22-37/h6-24,26-29,31-32,40H,4-5,25,30H2,1-3H3,(H2,44,45,46). The fourth-order valence-electron chi connectivity index (χ4n) is 6.42. The van der Waals surface area contributed by atoms with Crippen molar-refractivity contribution in [2.24, 2.45) is 27.1 Å². The van der Waals surface area contributed by atoms with Crippen LogP contribution in [-0.4, -0.2) is 29.0 Å². The number of unbranched alkanes of at least 4 members (excludes halogenated alkanes) is 1. The number of amides is 1. The summed E-state index contributed by atoms with van der Waals surface area (Å²) in [5.41, 5.74) is 5.48. The van der Waals surface area contributed by atoms with Crippen LogP contribution in [0.2, 0.25) is 0 Å². The van der Waals surface area contributed by atoms with Gasteiger partial charge in [0.1, 0.15) is 11.8 Å². The van der Waals surface area contributed by atoms with Gasteiger partial charge in [-0.1, -0.05) is 172 Å². The summed E-state index contributed by atoms with van der Waals surface area (Å²) in [5.74, 6) is 6.17. The van der Waals surface area contributed by atoms with Crippen molar-refractivity contribution in [2.75, 3.05) is 0 Å². The number of amidine groups is 1. The highest BCUT2D eigenvalue weighted by molar-refractivity contribution is 6.05. The number of aldehydes is 1. The first-order valence-corrected chi connectivity index (χ1v) is 17.2. The normalized spacial score (nSPS) is 12.6. The van der Waals surface area contributed by atoms with E-state index in [-0.39, 0.29) is 11.8 Å². The van der Waals surface area contributed by atoms with E-state index >= 15 is 0 Å². The molecule has 0 aromatic heterocycles. The van der Waals surface area contributed by atoms with E-state index < -0.39 is 11.6 Å². The number of nitrogens with zero attached hydrogens (tertiary/aromatic N) is 4. The molecule has 0 spiro atoms. The number of rotatable bonds is 14. The van der Waals surface area contributed by atoms with Gasteiger partial charge in [-0.2, -0.15) is 0 Å². The van der Waals surface area contributed by atoms with Crippen LogP contribution in [0.1, 0.15) is 67.9 Å². The lowest BCUT2D eigenvalue weighted by molar-refractivity contribution is -0.138. The molecule has 7 nitrogen and oxygen atoms in total. The number of hydrogen-bond acceptors (Lipinski definition) is 4. The SMILES string of the molecule is CCCCC(=O)N(Cc1ccc(-c2ccccc2C(N=NN)=NC(c2ccccc2)(c2ccccc2)c2ccccc2)cc1)C(C=O)C(C)C. The van der Waals surface area contributed by atoms with Crippen LogP contribution in [0.25, 0.3) is 11.1 Å². The maximum absolute atomic E-state index is 13.2. The van der Waals surface area contributed by atoms with Crippen LogP contribution in [-0.2, 0) is 21.7 Å². The highest BCUT2D eigenvalue weighted by Crippen LogP contribution is 2.42. The molecule has 0 aliphatic rings. The van der Waals surface area contributed by atoms with Crippen molar-refractivity contribution in [3.63, 3.8) is 0 Å². The summed E-state index contributed by atoms with van der Waals surface area (Å²) >= 11 is 0. The Morgan fingerprint density at radius 2 is 1.28 bits per heavy atom. The fourth-order valence-corrected chi connectivity index (χ4v) is 6.42. The largest absolute Gasteiger partial charge is 0.328 e. The molecule has 0 fully saturated rings. The minimum atomic E-state index is -0.969. The van der Waals surface area contributed by atoms with Gasteiger partial charge in [0.25, 0.3) is 0 Å². The Bertz CT molecular complexity index is 1790. The van der Waals surface area contributed by atoms with Crippen molar-refractivity contribution in [3.05, 3.63) is 167 Å². The molecule has 7 heteroatoms. The van der Waals surface area contributed by atoms with Crippen LogP contribution < -0.4 is 5.84 Å². The summed E-state index contributed by atoms with van der Waals surface area (Å²) < 4.78 is 0. The van der Waals surface area contributed by atoms with Gasteiger partial charge in [-0.3, -0.25) is 4.79 Å². The predicted molar refractivity (Wildman–Crippen MR) is 201 cm³/mol. The van der Waals surface area contributed by atoms with Crippen molar-refractivity contribution < 1.29 is 9.59 Å². The quantitative estimate of drug-likeness (QED) is 0.0244. The Hall–Kier alpha value is -5.69. The van der Waals surface area contributed by atoms with Gasteiger partial charge in [0.05, 0.1) is 6.04 Å². The number of aliphatic imine (C=N–C) groups is 1. The summed E-state index contributed by atoms with van der Waals surface area (Å²) in [4.78, 5) is 32.5. The smallest absolute Gasteiger partial charge is 0.223 e. The first-order chi connectivity index (χ1) is 24.4. The van der Waals surface area contributed by atoms with Crippen LogP contribution in [0.15, 0.2) is 155 Å². The van der Waals surface area contributed by atoms with E-state index in [4.69, 9.17) is 10.8 Å². The maximum atomic E-state index is 13.2. The number of carbonyl (C=O) groups excluding carboxylic acids is 2. The molecular formula is C43H45N5O2. The summed E-state index contributed by atoms with van der Waals surface area (Å²) in [6, 6.07) is 46.1. The molecule has 0 saturated heterocycles. The van der Waals surface area contributed by atoms with Crippen LogP contribution in [0, 0.1) is 5.92 Å². The molecule has 254 valence electrons. The average molecular weight is 664 g/mol. The third kappa shape index (κ3) is 7.95. The highest BCUT2D eigenvalue weighted by Gasteiger charge is 2.37. The van der Waals surface area contributed by atoms with Crippen LogP contribution in [0.4, 0.5) is 0 Å². The Kier molecular flexibility index (Phi) is 12.2. The zero-order valence-electron chi connectivity index (χ0n) is 29.0. The van der Waals surface area contributed by atoms with Crippen molar-refractivity contribution in [1.82, 2.24) is 4.90 Å². The minimum absolute atomic E-state index is 0.00111. The number of hydrogen-bond donors (Lipinski definition) is 1. The zero-order chi connectivity index (χ0) is 35.3. The van der Waals surface area contributed by atoms with E-state index in [1.54, 1.807) is 4.90 Å². The van der Waals surface area contributed by atoms with E-state index in [1.807, 2.05) is 117 Å². The van der Waals surface area contributed by atoms with Crippen LogP contribution in [0.5, 0.6) is 0 Å². The lowest BCUT2D eigenvalue weighted by Gasteiger charge is -2.32. The second-order valence-electron chi connectivity index (χ2n) is 12.7. The third-order valence-corrected chi connectivity index (χ3v) is 9.03. The minimum Gasteiger partial charge on any atom is -0.328 e. The highest BCUT2D eigenvalue weighted by atomic mass is 16.2. The molecule has 2 N–H and O–H groups in total. The Balaban J connectivity index is 1.62. The van der Waals surface area contributed by atoms with Gasteiger partial charge in [-0.05, 0) is 45.7 Å². The van der Waals surface area contributed by atoms with E-state index in [9.17, 15) is 9.59 Å². The van der Waals surface area contributed by atoms with Crippen molar-refractivity contribution >= 4 is 18.0 Å². The van der Waals surface area contributed by atoms with Gasteiger partial charge in [0, 0.05) is 18.5 Å². The Morgan fingerprint density at radius 3 is 1.76 bits per heavy atom. The Morgan fingerprint density at radius 1 is 0.760 bits per heavy atom. The van der Waals surface area contributed by atoms with E-state index in [0.29, 0.717) is 18.8 Å². The molecule has 0 saturated carbocycles. The monoisotopic (exact) mass is 663 g/mol. The second kappa shape index (κ2) is 17.1. The molecule has 1 amide bonds. The van der Waals surface area contributed by atoms with Gasteiger partial charge in [0.2, 0.25) is 5.91 Å². The fraction of sp³-hybridized carbons (Fsp3) is 0.233.